The van der Waals surface area contributed by atoms with Gasteiger partial charge in [-0.05, 0) is 32.2 Å². The third-order valence-corrected chi connectivity index (χ3v) is 7.21. The number of anilines is 2. The Morgan fingerprint density at radius 2 is 1.89 bits per heavy atom. The van der Waals surface area contributed by atoms with E-state index in [-0.39, 0.29) is 22.9 Å². The van der Waals surface area contributed by atoms with Crippen LogP contribution in [0.15, 0.2) is 23.7 Å². The van der Waals surface area contributed by atoms with E-state index in [0.29, 0.717) is 18.1 Å². The number of carbonyl (C=O) groups is 2. The van der Waals surface area contributed by atoms with E-state index in [1.165, 1.54) is 17.4 Å². The van der Waals surface area contributed by atoms with Crippen LogP contribution in [0.2, 0.25) is 0 Å². The zero-order chi connectivity index (χ0) is 25.9. The summed E-state index contributed by atoms with van der Waals surface area (Å²) in [5.41, 5.74) is 2.20. The van der Waals surface area contributed by atoms with Gasteiger partial charge in [-0.15, -0.1) is 34.7 Å². The fourth-order valence-electron chi connectivity index (χ4n) is 3.42. The van der Waals surface area contributed by atoms with Crippen molar-refractivity contribution in [3.8, 4) is 15.6 Å². The minimum Gasteiger partial charge on any atom is -0.404 e. The fourth-order valence-corrected chi connectivity index (χ4v) is 5.10. The minimum atomic E-state index is -4.97. The highest BCUT2D eigenvalue weighted by atomic mass is 32.1. The Kier molecular flexibility index (Phi) is 7.82. The van der Waals surface area contributed by atoms with Crippen LogP contribution in [0.4, 0.5) is 24.0 Å². The molecule has 2 aromatic heterocycles. The average Bonchev–Trinajstić information content (AvgIpc) is 3.44. The third-order valence-electron chi connectivity index (χ3n) is 5.29. The van der Waals surface area contributed by atoms with Crippen LogP contribution in [-0.4, -0.2) is 82.9 Å². The summed E-state index contributed by atoms with van der Waals surface area (Å²) in [6.07, 6.45) is -4.97. The monoisotopic (exact) mass is 541 g/mol. The van der Waals surface area contributed by atoms with Crippen molar-refractivity contribution in [3.63, 3.8) is 0 Å². The molecular weight excluding hydrogens is 519 g/mol. The number of rotatable bonds is 7. The normalized spacial score (nSPS) is 15.0. The first-order valence-electron chi connectivity index (χ1n) is 10.7. The maximum atomic E-state index is 12.9. The number of amides is 2. The molecule has 0 aliphatic carbocycles. The molecule has 0 unspecified atom stereocenters. The number of ether oxygens (including phenoxy) is 1. The first-order chi connectivity index (χ1) is 17.1. The SMILES string of the molecule is Cc1ncsc1-c1nnc(NC(=O)c2ccc(OC(F)(F)F)c(NC(=O)CN3CCN(C)CC3)c2)s1. The standard InChI is InChI=1S/C21H22F3N7O3S2/c1-12-17(35-11-25-12)19-28-29-20(36-19)27-18(33)13-3-4-15(34-21(22,23)24)14(9-13)26-16(32)10-31-7-5-30(2)6-8-31/h3-4,9,11H,5-8,10H2,1-2H3,(H,26,32)(H,27,29,33). The van der Waals surface area contributed by atoms with Crippen LogP contribution in [0, 0.1) is 6.92 Å². The number of piperazine rings is 1. The molecule has 0 atom stereocenters. The Balaban J connectivity index is 1.48. The van der Waals surface area contributed by atoms with Gasteiger partial charge in [-0.1, -0.05) is 11.3 Å². The Hall–Kier alpha value is -3.14. The van der Waals surface area contributed by atoms with E-state index in [2.05, 4.69) is 35.5 Å². The molecule has 10 nitrogen and oxygen atoms in total. The number of hydrogen-bond acceptors (Lipinski definition) is 10. The summed E-state index contributed by atoms with van der Waals surface area (Å²) in [6.45, 7) is 4.70. The summed E-state index contributed by atoms with van der Waals surface area (Å²) in [7, 11) is 1.97. The van der Waals surface area contributed by atoms with Crippen LogP contribution in [0.5, 0.6) is 5.75 Å². The average molecular weight is 542 g/mol. The van der Waals surface area contributed by atoms with Gasteiger partial charge in [0.25, 0.3) is 5.91 Å². The topological polar surface area (TPSA) is 113 Å². The van der Waals surface area contributed by atoms with Crippen molar-refractivity contribution < 1.29 is 27.5 Å². The number of aryl methyl sites for hydroxylation is 1. The molecule has 1 aromatic carbocycles. The van der Waals surface area contributed by atoms with Crippen molar-refractivity contribution in [2.75, 3.05) is 50.4 Å². The second-order valence-electron chi connectivity index (χ2n) is 8.02. The molecule has 2 amide bonds. The number of hydrogen-bond donors (Lipinski definition) is 2. The van der Waals surface area contributed by atoms with Crippen LogP contribution in [0.3, 0.4) is 0 Å². The second-order valence-corrected chi connectivity index (χ2v) is 9.85. The molecule has 0 saturated carbocycles. The summed E-state index contributed by atoms with van der Waals surface area (Å²) >= 11 is 2.53. The maximum absolute atomic E-state index is 12.9. The number of benzene rings is 1. The predicted molar refractivity (Wildman–Crippen MR) is 129 cm³/mol. The first kappa shape index (κ1) is 25.9. The maximum Gasteiger partial charge on any atom is 0.573 e. The zero-order valence-electron chi connectivity index (χ0n) is 19.3. The van der Waals surface area contributed by atoms with Gasteiger partial charge in [0, 0.05) is 31.7 Å². The molecule has 36 heavy (non-hydrogen) atoms. The smallest absolute Gasteiger partial charge is 0.404 e. The molecule has 0 bridgehead atoms. The second kappa shape index (κ2) is 10.9. The molecule has 3 aromatic rings. The highest BCUT2D eigenvalue weighted by Gasteiger charge is 2.33. The van der Waals surface area contributed by atoms with Gasteiger partial charge in [0.1, 0.15) is 0 Å². The molecule has 1 fully saturated rings. The lowest BCUT2D eigenvalue weighted by Gasteiger charge is -2.31. The summed E-state index contributed by atoms with van der Waals surface area (Å²) in [5, 5.41) is 13.8. The summed E-state index contributed by atoms with van der Waals surface area (Å²) in [4.78, 5) is 34.4. The Labute approximate surface area is 212 Å². The number of carbonyl (C=O) groups excluding carboxylic acids is 2. The van der Waals surface area contributed by atoms with E-state index >= 15 is 0 Å². The van der Waals surface area contributed by atoms with Crippen molar-refractivity contribution in [2.24, 2.45) is 0 Å². The van der Waals surface area contributed by atoms with E-state index in [1.807, 2.05) is 18.9 Å². The minimum absolute atomic E-state index is 0.000275. The fraction of sp³-hybridized carbons (Fsp3) is 0.381. The predicted octanol–water partition coefficient (Wildman–Crippen LogP) is 3.31. The lowest BCUT2D eigenvalue weighted by molar-refractivity contribution is -0.274. The Morgan fingerprint density at radius 1 is 1.14 bits per heavy atom. The van der Waals surface area contributed by atoms with Crippen molar-refractivity contribution in [2.45, 2.75) is 13.3 Å². The van der Waals surface area contributed by atoms with Gasteiger partial charge in [-0.2, -0.15) is 0 Å². The molecule has 4 rings (SSSR count). The van der Waals surface area contributed by atoms with E-state index in [9.17, 15) is 22.8 Å². The summed E-state index contributed by atoms with van der Waals surface area (Å²) in [5.74, 6) is -1.77. The molecule has 1 aliphatic heterocycles. The van der Waals surface area contributed by atoms with E-state index < -0.39 is 23.9 Å². The van der Waals surface area contributed by atoms with E-state index in [0.717, 1.165) is 47.1 Å². The number of thiazole rings is 1. The number of halogens is 3. The summed E-state index contributed by atoms with van der Waals surface area (Å²) in [6, 6.07) is 3.29. The van der Waals surface area contributed by atoms with Crippen LogP contribution in [0.25, 0.3) is 9.88 Å². The van der Waals surface area contributed by atoms with Crippen LogP contribution < -0.4 is 15.4 Å². The molecule has 2 N–H and O–H groups in total. The number of nitrogens with one attached hydrogen (secondary N) is 2. The number of alkyl halides is 3. The highest BCUT2D eigenvalue weighted by molar-refractivity contribution is 7.23. The first-order valence-corrected chi connectivity index (χ1v) is 12.4. The summed E-state index contributed by atoms with van der Waals surface area (Å²) < 4.78 is 42.8. The molecule has 1 aliphatic rings. The zero-order valence-corrected chi connectivity index (χ0v) is 20.9. The van der Waals surface area contributed by atoms with Crippen LogP contribution >= 0.6 is 22.7 Å². The molecule has 15 heteroatoms. The third kappa shape index (κ3) is 6.75. The lowest BCUT2D eigenvalue weighted by Crippen LogP contribution is -2.47. The lowest BCUT2D eigenvalue weighted by atomic mass is 10.1. The largest absolute Gasteiger partial charge is 0.573 e. The van der Waals surface area contributed by atoms with Gasteiger partial charge >= 0.3 is 6.36 Å². The van der Waals surface area contributed by atoms with Crippen molar-refractivity contribution in [3.05, 3.63) is 35.0 Å². The van der Waals surface area contributed by atoms with Gasteiger partial charge in [0.05, 0.1) is 28.3 Å². The van der Waals surface area contributed by atoms with E-state index in [4.69, 9.17) is 0 Å². The molecule has 192 valence electrons. The van der Waals surface area contributed by atoms with Crippen molar-refractivity contribution >= 4 is 45.3 Å². The quantitative estimate of drug-likeness (QED) is 0.469. The number of nitrogens with zero attached hydrogens (tertiary/aromatic N) is 5. The number of likely N-dealkylation sites (N-methyl/N-ethyl adjacent to an activating group) is 1. The Morgan fingerprint density at radius 3 is 2.56 bits per heavy atom. The van der Waals surface area contributed by atoms with Gasteiger partial charge in [-0.25, -0.2) is 4.98 Å². The molecule has 3 heterocycles. The highest BCUT2D eigenvalue weighted by Crippen LogP contribution is 2.33. The molecule has 1 saturated heterocycles. The van der Waals surface area contributed by atoms with Crippen molar-refractivity contribution in [1.82, 2.24) is 25.0 Å². The Bertz CT molecular complexity index is 1240. The van der Waals surface area contributed by atoms with E-state index in [1.54, 1.807) is 5.51 Å². The van der Waals surface area contributed by atoms with Gasteiger partial charge in [0.2, 0.25) is 11.0 Å². The van der Waals surface area contributed by atoms with Crippen LogP contribution in [0.1, 0.15) is 16.1 Å². The molecule has 0 radical (unpaired) electrons. The molecule has 0 spiro atoms. The molecular formula is C21H22F3N7O3S2. The van der Waals surface area contributed by atoms with Gasteiger partial charge in [0.15, 0.2) is 10.8 Å². The van der Waals surface area contributed by atoms with Crippen molar-refractivity contribution in [1.29, 1.82) is 0 Å². The van der Waals surface area contributed by atoms with Gasteiger partial charge < -0.3 is 15.0 Å². The van der Waals surface area contributed by atoms with Crippen LogP contribution in [-0.2, 0) is 4.79 Å². The number of aromatic nitrogens is 3. The van der Waals surface area contributed by atoms with Gasteiger partial charge in [-0.3, -0.25) is 19.8 Å².